The highest BCUT2D eigenvalue weighted by Gasteiger charge is 2.36. The lowest BCUT2D eigenvalue weighted by Crippen LogP contribution is -2.49. The third-order valence-corrected chi connectivity index (χ3v) is 3.59. The Balaban J connectivity index is 3.14. The molecule has 5 heteroatoms. The number of methoxy groups -OCH3 is 1. The maximum Gasteiger partial charge on any atom is 0.237 e. The fourth-order valence-corrected chi connectivity index (χ4v) is 1.82. The van der Waals surface area contributed by atoms with Crippen molar-refractivity contribution in [3.8, 4) is 5.88 Å². The largest absolute Gasteiger partial charge is 0.480 e. The summed E-state index contributed by atoms with van der Waals surface area (Å²) in [5.41, 5.74) is 6.86. The number of hydrogen-bond donors (Lipinski definition) is 1. The predicted octanol–water partition coefficient (Wildman–Crippen LogP) is 1.22. The summed E-state index contributed by atoms with van der Waals surface area (Å²) in [6.07, 6.45) is 4.17. The lowest BCUT2D eigenvalue weighted by molar-refractivity contribution is 0.128. The molecule has 2 atom stereocenters. The Bertz CT molecular complexity index is 369. The van der Waals surface area contributed by atoms with Crippen LogP contribution in [0.4, 0.5) is 0 Å². The Kier molecular flexibility index (Phi) is 4.42. The summed E-state index contributed by atoms with van der Waals surface area (Å²) in [7, 11) is 5.62. The van der Waals surface area contributed by atoms with Gasteiger partial charge in [-0.05, 0) is 27.4 Å². The SMILES string of the molecule is CCC(C)(C(N)c1nccnc1OC)N(C)C. The molecule has 0 fully saturated rings. The van der Waals surface area contributed by atoms with Gasteiger partial charge < -0.3 is 15.4 Å². The van der Waals surface area contributed by atoms with Crippen molar-refractivity contribution in [2.45, 2.75) is 31.8 Å². The number of nitrogens with two attached hydrogens (primary N) is 1. The van der Waals surface area contributed by atoms with Crippen LogP contribution in [0.1, 0.15) is 32.0 Å². The van der Waals surface area contributed by atoms with Crippen LogP contribution in [0.25, 0.3) is 0 Å². The van der Waals surface area contributed by atoms with Crippen LogP contribution in [0.15, 0.2) is 12.4 Å². The van der Waals surface area contributed by atoms with Gasteiger partial charge in [0.1, 0.15) is 5.69 Å². The average Bonchev–Trinajstić information content (AvgIpc) is 2.36. The molecule has 2 unspecified atom stereocenters. The highest BCUT2D eigenvalue weighted by atomic mass is 16.5. The highest BCUT2D eigenvalue weighted by Crippen LogP contribution is 2.32. The summed E-state index contributed by atoms with van der Waals surface area (Å²) in [6, 6.07) is -0.244. The first-order chi connectivity index (χ1) is 7.97. The quantitative estimate of drug-likeness (QED) is 0.835. The van der Waals surface area contributed by atoms with Crippen LogP contribution < -0.4 is 10.5 Å². The van der Waals surface area contributed by atoms with E-state index >= 15 is 0 Å². The molecule has 0 aromatic carbocycles. The second-order valence-electron chi connectivity index (χ2n) is 4.53. The first-order valence-corrected chi connectivity index (χ1v) is 5.75. The minimum Gasteiger partial charge on any atom is -0.480 e. The van der Waals surface area contributed by atoms with E-state index in [0.29, 0.717) is 11.6 Å². The van der Waals surface area contributed by atoms with Crippen molar-refractivity contribution in [2.24, 2.45) is 5.73 Å². The van der Waals surface area contributed by atoms with Crippen LogP contribution in [0.2, 0.25) is 0 Å². The molecule has 17 heavy (non-hydrogen) atoms. The first-order valence-electron chi connectivity index (χ1n) is 5.75. The number of ether oxygens (including phenoxy) is 1. The molecule has 0 aliphatic heterocycles. The minimum atomic E-state index is -0.244. The van der Waals surface area contributed by atoms with Gasteiger partial charge in [0.2, 0.25) is 5.88 Å². The molecular formula is C12H22N4O. The Morgan fingerprint density at radius 3 is 2.47 bits per heavy atom. The summed E-state index contributed by atoms with van der Waals surface area (Å²) in [5, 5.41) is 0. The lowest BCUT2D eigenvalue weighted by atomic mass is 9.86. The topological polar surface area (TPSA) is 64.3 Å². The Morgan fingerprint density at radius 1 is 1.41 bits per heavy atom. The molecule has 1 rings (SSSR count). The number of nitrogens with zero attached hydrogens (tertiary/aromatic N) is 3. The Hall–Kier alpha value is -1.20. The van der Waals surface area contributed by atoms with Crippen molar-refractivity contribution >= 4 is 0 Å². The molecule has 1 heterocycles. The van der Waals surface area contributed by atoms with Gasteiger partial charge >= 0.3 is 0 Å². The highest BCUT2D eigenvalue weighted by molar-refractivity contribution is 5.24. The van der Waals surface area contributed by atoms with Crippen LogP contribution >= 0.6 is 0 Å². The molecule has 0 bridgehead atoms. The number of rotatable bonds is 5. The fourth-order valence-electron chi connectivity index (χ4n) is 1.82. The number of likely N-dealkylation sites (N-methyl/N-ethyl adjacent to an activating group) is 1. The molecule has 0 aliphatic carbocycles. The van der Waals surface area contributed by atoms with Gasteiger partial charge in [-0.25, -0.2) is 4.98 Å². The number of hydrogen-bond acceptors (Lipinski definition) is 5. The summed E-state index contributed by atoms with van der Waals surface area (Å²) in [6.45, 7) is 4.23. The molecular weight excluding hydrogens is 216 g/mol. The summed E-state index contributed by atoms with van der Waals surface area (Å²) in [5.74, 6) is 0.501. The normalized spacial score (nSPS) is 16.6. The van der Waals surface area contributed by atoms with Gasteiger partial charge in [-0.3, -0.25) is 4.98 Å². The van der Waals surface area contributed by atoms with Crippen LogP contribution in [0.5, 0.6) is 5.88 Å². The van der Waals surface area contributed by atoms with Crippen molar-refractivity contribution in [2.75, 3.05) is 21.2 Å². The molecule has 0 saturated carbocycles. The van der Waals surface area contributed by atoms with Gasteiger partial charge in [0, 0.05) is 17.9 Å². The van der Waals surface area contributed by atoms with E-state index < -0.39 is 0 Å². The van der Waals surface area contributed by atoms with E-state index in [9.17, 15) is 0 Å². The molecule has 0 saturated heterocycles. The third-order valence-electron chi connectivity index (χ3n) is 3.59. The van der Waals surface area contributed by atoms with E-state index in [0.717, 1.165) is 6.42 Å². The van der Waals surface area contributed by atoms with E-state index in [4.69, 9.17) is 10.5 Å². The van der Waals surface area contributed by atoms with Gasteiger partial charge in [-0.15, -0.1) is 0 Å². The lowest BCUT2D eigenvalue weighted by Gasteiger charge is -2.40. The molecule has 0 spiro atoms. The summed E-state index contributed by atoms with van der Waals surface area (Å²) >= 11 is 0. The van der Waals surface area contributed by atoms with Crippen LogP contribution in [0.3, 0.4) is 0 Å². The van der Waals surface area contributed by atoms with Crippen molar-refractivity contribution in [1.29, 1.82) is 0 Å². The monoisotopic (exact) mass is 238 g/mol. The van der Waals surface area contributed by atoms with Gasteiger partial charge in [-0.1, -0.05) is 6.92 Å². The zero-order chi connectivity index (χ0) is 13.1. The van der Waals surface area contributed by atoms with E-state index in [2.05, 4.69) is 28.7 Å². The van der Waals surface area contributed by atoms with Crippen molar-refractivity contribution < 1.29 is 4.74 Å². The summed E-state index contributed by atoms with van der Waals surface area (Å²) < 4.78 is 5.21. The number of aromatic nitrogens is 2. The van der Waals surface area contributed by atoms with Gasteiger partial charge in [0.05, 0.1) is 13.2 Å². The van der Waals surface area contributed by atoms with Crippen molar-refractivity contribution in [1.82, 2.24) is 14.9 Å². The predicted molar refractivity (Wildman–Crippen MR) is 67.9 cm³/mol. The van der Waals surface area contributed by atoms with Crippen molar-refractivity contribution in [3.05, 3.63) is 18.1 Å². The molecule has 0 radical (unpaired) electrons. The molecule has 0 aliphatic rings. The van der Waals surface area contributed by atoms with Gasteiger partial charge in [-0.2, -0.15) is 0 Å². The Labute approximate surface area is 103 Å². The van der Waals surface area contributed by atoms with Gasteiger partial charge in [0.15, 0.2) is 0 Å². The fraction of sp³-hybridized carbons (Fsp3) is 0.667. The Morgan fingerprint density at radius 2 is 2.00 bits per heavy atom. The standard InChI is InChI=1S/C12H22N4O/c1-6-12(2,16(3)4)10(13)9-11(17-5)15-8-7-14-9/h7-8,10H,6,13H2,1-5H3. The second kappa shape index (κ2) is 5.42. The molecule has 96 valence electrons. The average molecular weight is 238 g/mol. The smallest absolute Gasteiger partial charge is 0.237 e. The molecule has 5 nitrogen and oxygen atoms in total. The molecule has 0 amide bonds. The van der Waals surface area contributed by atoms with Crippen molar-refractivity contribution in [3.63, 3.8) is 0 Å². The third kappa shape index (κ3) is 2.56. The maximum absolute atomic E-state index is 6.34. The second-order valence-corrected chi connectivity index (χ2v) is 4.53. The molecule has 1 aromatic heterocycles. The van der Waals surface area contributed by atoms with E-state index in [1.807, 2.05) is 14.1 Å². The van der Waals surface area contributed by atoms with Gasteiger partial charge in [0.25, 0.3) is 0 Å². The zero-order valence-electron chi connectivity index (χ0n) is 11.3. The molecule has 1 aromatic rings. The first kappa shape index (κ1) is 13.9. The van der Waals surface area contributed by atoms with Crippen LogP contribution in [0, 0.1) is 0 Å². The van der Waals surface area contributed by atoms with E-state index in [-0.39, 0.29) is 11.6 Å². The van der Waals surface area contributed by atoms with E-state index in [1.54, 1.807) is 19.5 Å². The van der Waals surface area contributed by atoms with Crippen LogP contribution in [-0.2, 0) is 0 Å². The maximum atomic E-state index is 6.34. The minimum absolute atomic E-state index is 0.177. The van der Waals surface area contributed by atoms with E-state index in [1.165, 1.54) is 0 Å². The molecule has 2 N–H and O–H groups in total. The zero-order valence-corrected chi connectivity index (χ0v) is 11.3. The summed E-state index contributed by atoms with van der Waals surface area (Å²) in [4.78, 5) is 10.6. The van der Waals surface area contributed by atoms with Crippen LogP contribution in [-0.4, -0.2) is 41.6 Å².